The van der Waals surface area contributed by atoms with Crippen LogP contribution in [0.1, 0.15) is 31.1 Å². The Morgan fingerprint density at radius 1 is 1.33 bits per heavy atom. The van der Waals surface area contributed by atoms with Crippen LogP contribution >= 0.6 is 0 Å². The largest absolute Gasteiger partial charge is 0.481 e. The number of carboxylic acid groups (broad SMARTS) is 1. The quantitative estimate of drug-likeness (QED) is 0.775. The lowest BCUT2D eigenvalue weighted by Crippen LogP contribution is -2.07. The number of rotatable bonds is 7. The van der Waals surface area contributed by atoms with Crippen molar-refractivity contribution in [1.29, 1.82) is 0 Å². The number of nitrogens with zero attached hydrogens (tertiary/aromatic N) is 2. The van der Waals surface area contributed by atoms with Gasteiger partial charge in [0.25, 0.3) is 0 Å². The van der Waals surface area contributed by atoms with Crippen molar-refractivity contribution in [2.45, 2.75) is 20.3 Å². The number of allylic oxidation sites excluding steroid dienone is 6. The molecule has 0 saturated carbocycles. The van der Waals surface area contributed by atoms with Gasteiger partial charge in [-0.15, -0.1) is 0 Å². The van der Waals surface area contributed by atoms with Gasteiger partial charge in [0.2, 0.25) is 0 Å². The number of imidazole rings is 1. The van der Waals surface area contributed by atoms with Gasteiger partial charge in [0.15, 0.2) is 0 Å². The van der Waals surface area contributed by atoms with E-state index in [0.29, 0.717) is 17.2 Å². The van der Waals surface area contributed by atoms with Gasteiger partial charge in [-0.05, 0) is 19.9 Å². The van der Waals surface area contributed by atoms with Crippen LogP contribution in [0.25, 0.3) is 17.8 Å². The van der Waals surface area contributed by atoms with E-state index in [9.17, 15) is 4.79 Å². The molecule has 0 bridgehead atoms. The van der Waals surface area contributed by atoms with Gasteiger partial charge in [0.1, 0.15) is 5.82 Å². The monoisotopic (exact) mass is 284 g/mol. The molecule has 0 saturated heterocycles. The Bertz CT molecular complexity index is 631. The molecule has 0 aliphatic heterocycles. The van der Waals surface area contributed by atoms with Crippen molar-refractivity contribution >= 4 is 23.8 Å². The van der Waals surface area contributed by atoms with E-state index < -0.39 is 5.97 Å². The smallest absolute Gasteiger partial charge is 0.309 e. The first-order valence-electron chi connectivity index (χ1n) is 6.62. The van der Waals surface area contributed by atoms with E-state index in [2.05, 4.69) is 18.1 Å². The predicted molar refractivity (Wildman–Crippen MR) is 87.6 cm³/mol. The van der Waals surface area contributed by atoms with Gasteiger partial charge in [-0.3, -0.25) is 4.79 Å². The van der Waals surface area contributed by atoms with E-state index in [1.165, 1.54) is 0 Å². The molecule has 0 spiro atoms. The zero-order valence-corrected chi connectivity index (χ0v) is 12.4. The first-order valence-corrected chi connectivity index (χ1v) is 6.62. The Kier molecular flexibility index (Phi) is 6.14. The second kappa shape index (κ2) is 7.85. The number of aromatic nitrogens is 2. The molecule has 1 heterocycles. The van der Waals surface area contributed by atoms with Crippen molar-refractivity contribution < 1.29 is 9.90 Å². The van der Waals surface area contributed by atoms with Crippen LogP contribution in [0.4, 0.5) is 0 Å². The first kappa shape index (κ1) is 16.4. The topological polar surface area (TPSA) is 55.1 Å². The molecule has 0 atom stereocenters. The fourth-order valence-electron chi connectivity index (χ4n) is 1.97. The highest BCUT2D eigenvalue weighted by Gasteiger charge is 2.18. The van der Waals surface area contributed by atoms with Crippen molar-refractivity contribution in [2.75, 3.05) is 0 Å². The molecule has 0 unspecified atom stereocenters. The molecule has 0 amide bonds. The van der Waals surface area contributed by atoms with Gasteiger partial charge in [0.05, 0.1) is 17.8 Å². The van der Waals surface area contributed by atoms with Crippen LogP contribution in [0.2, 0.25) is 0 Å². The molecule has 1 N–H and O–H groups in total. The number of aliphatic carboxylic acids is 1. The molecule has 0 aromatic carbocycles. The summed E-state index contributed by atoms with van der Waals surface area (Å²) in [4.78, 5) is 15.6. The third-order valence-corrected chi connectivity index (χ3v) is 2.81. The highest BCUT2D eigenvalue weighted by atomic mass is 16.4. The summed E-state index contributed by atoms with van der Waals surface area (Å²) in [6.07, 6.45) is 12.5. The van der Waals surface area contributed by atoms with E-state index in [4.69, 9.17) is 5.11 Å². The molecule has 0 aliphatic rings. The molecular formula is C17H20N2O2. The number of hydrogen-bond acceptors (Lipinski definition) is 2. The molecular weight excluding hydrogens is 264 g/mol. The van der Waals surface area contributed by atoms with Gasteiger partial charge < -0.3 is 9.67 Å². The maximum absolute atomic E-state index is 11.1. The normalized spacial score (nSPS) is 12.2. The molecule has 4 nitrogen and oxygen atoms in total. The second-order valence-electron chi connectivity index (χ2n) is 4.24. The lowest BCUT2D eigenvalue weighted by molar-refractivity contribution is -0.136. The summed E-state index contributed by atoms with van der Waals surface area (Å²) < 4.78 is 1.66. The summed E-state index contributed by atoms with van der Waals surface area (Å²) >= 11 is 0. The Labute approximate surface area is 125 Å². The summed E-state index contributed by atoms with van der Waals surface area (Å²) in [6.45, 7) is 11.2. The average molecular weight is 284 g/mol. The Morgan fingerprint density at radius 3 is 2.52 bits per heavy atom. The summed E-state index contributed by atoms with van der Waals surface area (Å²) in [5, 5.41) is 9.13. The van der Waals surface area contributed by atoms with Gasteiger partial charge in [0, 0.05) is 11.8 Å². The minimum atomic E-state index is -0.916. The van der Waals surface area contributed by atoms with Gasteiger partial charge >= 0.3 is 5.97 Å². The van der Waals surface area contributed by atoms with E-state index in [1.54, 1.807) is 16.8 Å². The summed E-state index contributed by atoms with van der Waals surface area (Å²) in [6, 6.07) is 0. The van der Waals surface area contributed by atoms with Crippen molar-refractivity contribution in [3.8, 4) is 0 Å². The molecule has 21 heavy (non-hydrogen) atoms. The lowest BCUT2D eigenvalue weighted by atomic mass is 10.1. The predicted octanol–water partition coefficient (Wildman–Crippen LogP) is 3.79. The zero-order chi connectivity index (χ0) is 15.8. The van der Waals surface area contributed by atoms with Crippen LogP contribution in [0.15, 0.2) is 43.5 Å². The molecule has 0 aliphatic carbocycles. The highest BCUT2D eigenvalue weighted by molar-refractivity contribution is 5.79. The zero-order valence-electron chi connectivity index (χ0n) is 12.4. The second-order valence-corrected chi connectivity index (χ2v) is 4.24. The summed E-state index contributed by atoms with van der Waals surface area (Å²) in [5.41, 5.74) is 2.06. The third-order valence-electron chi connectivity index (χ3n) is 2.81. The van der Waals surface area contributed by atoms with Gasteiger partial charge in [-0.2, -0.15) is 0 Å². The maximum Gasteiger partial charge on any atom is 0.309 e. The van der Waals surface area contributed by atoms with Crippen LogP contribution in [-0.2, 0) is 11.2 Å². The fourth-order valence-corrected chi connectivity index (χ4v) is 1.97. The van der Waals surface area contributed by atoms with Crippen LogP contribution in [0, 0.1) is 0 Å². The molecule has 1 aromatic rings. The van der Waals surface area contributed by atoms with Gasteiger partial charge in [-0.1, -0.05) is 43.5 Å². The van der Waals surface area contributed by atoms with E-state index in [0.717, 1.165) is 5.57 Å². The van der Waals surface area contributed by atoms with Crippen molar-refractivity contribution in [3.63, 3.8) is 0 Å². The fraction of sp³-hybridized carbons (Fsp3) is 0.176. The molecule has 0 fully saturated rings. The minimum absolute atomic E-state index is 0.132. The first-order chi connectivity index (χ1) is 10.1. The molecule has 4 heteroatoms. The molecule has 110 valence electrons. The molecule has 1 rings (SSSR count). The minimum Gasteiger partial charge on any atom is -0.481 e. The summed E-state index contributed by atoms with van der Waals surface area (Å²) in [5.74, 6) is -0.340. The Hall–Kier alpha value is -2.62. The average Bonchev–Trinajstić information content (AvgIpc) is 2.80. The van der Waals surface area contributed by atoms with Crippen molar-refractivity contribution in [1.82, 2.24) is 9.55 Å². The van der Waals surface area contributed by atoms with E-state index in [-0.39, 0.29) is 6.42 Å². The Morgan fingerprint density at radius 2 is 2.05 bits per heavy atom. The van der Waals surface area contributed by atoms with Gasteiger partial charge in [-0.25, -0.2) is 4.98 Å². The van der Waals surface area contributed by atoms with E-state index >= 15 is 0 Å². The van der Waals surface area contributed by atoms with Crippen molar-refractivity contribution in [2.24, 2.45) is 0 Å². The van der Waals surface area contributed by atoms with Crippen molar-refractivity contribution in [3.05, 3.63) is 60.8 Å². The third kappa shape index (κ3) is 3.92. The summed E-state index contributed by atoms with van der Waals surface area (Å²) in [7, 11) is 0. The standard InChI is InChI=1S/C17H20N2O2/c1-5-9-11-13(10-6-2)17-14(12-16(20)21)19(8-4)15(7-3)18-17/h5-11H,3-4,12H2,1-2H3,(H,20,21)/b9-5-,10-6-,13-11+. The molecule has 1 aromatic heterocycles. The molecule has 0 radical (unpaired) electrons. The van der Waals surface area contributed by atoms with Crippen LogP contribution in [0.5, 0.6) is 0 Å². The van der Waals surface area contributed by atoms with E-state index in [1.807, 2.05) is 44.2 Å². The highest BCUT2D eigenvalue weighted by Crippen LogP contribution is 2.23. The number of carbonyl (C=O) groups is 1. The number of hydrogen-bond donors (Lipinski definition) is 1. The maximum atomic E-state index is 11.1. The number of carboxylic acids is 1. The van der Waals surface area contributed by atoms with Crippen LogP contribution in [0.3, 0.4) is 0 Å². The van der Waals surface area contributed by atoms with Crippen LogP contribution < -0.4 is 0 Å². The SMILES string of the molecule is C=Cc1nc(C(/C=C\C)=C/C=C\C)c(CC(=O)O)n1C=C. The Balaban J connectivity index is 3.58. The lowest BCUT2D eigenvalue weighted by Gasteiger charge is -2.05. The van der Waals surface area contributed by atoms with Crippen LogP contribution in [-0.4, -0.2) is 20.6 Å².